The fraction of sp³-hybridized carbons (Fsp3) is 0.389. The molecule has 0 aliphatic carbocycles. The van der Waals surface area contributed by atoms with Crippen molar-refractivity contribution in [1.29, 1.82) is 0 Å². The lowest BCUT2D eigenvalue weighted by atomic mass is 10.0. The summed E-state index contributed by atoms with van der Waals surface area (Å²) in [6.45, 7) is 4.29. The number of methoxy groups -OCH3 is 1. The molecule has 2 aromatic rings. The van der Waals surface area contributed by atoms with Crippen LogP contribution in [0.4, 0.5) is 0 Å². The summed E-state index contributed by atoms with van der Waals surface area (Å²) in [6, 6.07) is 12.0. The number of hydrogen-bond acceptors (Lipinski definition) is 4. The molecule has 1 aromatic carbocycles. The fourth-order valence-electron chi connectivity index (χ4n) is 2.07. The van der Waals surface area contributed by atoms with Crippen LogP contribution in [0.1, 0.15) is 25.1 Å². The maximum absolute atomic E-state index is 11.8. The zero-order valence-corrected chi connectivity index (χ0v) is 14.5. The minimum absolute atomic E-state index is 0.0872. The molecule has 0 fully saturated rings. The van der Waals surface area contributed by atoms with E-state index in [1.54, 1.807) is 18.4 Å². The molecule has 2 rings (SSSR count). The molecule has 5 heteroatoms. The van der Waals surface area contributed by atoms with E-state index in [4.69, 9.17) is 4.74 Å². The van der Waals surface area contributed by atoms with Gasteiger partial charge in [0.1, 0.15) is 5.75 Å². The fourth-order valence-corrected chi connectivity index (χ4v) is 3.02. The van der Waals surface area contributed by atoms with Crippen molar-refractivity contribution in [1.82, 2.24) is 5.32 Å². The van der Waals surface area contributed by atoms with Gasteiger partial charge in [0.15, 0.2) is 0 Å². The smallest absolute Gasteiger partial charge is 0.222 e. The van der Waals surface area contributed by atoms with Crippen molar-refractivity contribution < 1.29 is 14.6 Å². The Balaban J connectivity index is 1.90. The normalized spacial score (nSPS) is 12.2. The second-order valence-electron chi connectivity index (χ2n) is 5.79. The Hall–Kier alpha value is -1.85. The Bertz CT molecular complexity index is 634. The molecule has 124 valence electrons. The standard InChI is InChI=1S/C18H23NO3S/c1-12(2)16(20)10-18(21)19-11-15-8-9-17(23-15)13-4-6-14(22-3)7-5-13/h4-9,12,16,20H,10-11H2,1-3H3,(H,19,21). The molecule has 0 saturated carbocycles. The Kier molecular flexibility index (Phi) is 6.19. The van der Waals surface area contributed by atoms with Gasteiger partial charge in [0.05, 0.1) is 26.2 Å². The first kappa shape index (κ1) is 17.5. The summed E-state index contributed by atoms with van der Waals surface area (Å²) in [5, 5.41) is 12.6. The molecule has 0 radical (unpaired) electrons. The van der Waals surface area contributed by atoms with Gasteiger partial charge in [-0.2, -0.15) is 0 Å². The topological polar surface area (TPSA) is 58.6 Å². The summed E-state index contributed by atoms with van der Waals surface area (Å²) in [4.78, 5) is 14.0. The van der Waals surface area contributed by atoms with Crippen molar-refractivity contribution in [3.63, 3.8) is 0 Å². The van der Waals surface area contributed by atoms with Crippen LogP contribution in [-0.2, 0) is 11.3 Å². The molecule has 23 heavy (non-hydrogen) atoms. The van der Waals surface area contributed by atoms with Crippen molar-refractivity contribution in [3.8, 4) is 16.2 Å². The van der Waals surface area contributed by atoms with Crippen LogP contribution >= 0.6 is 11.3 Å². The first-order valence-electron chi connectivity index (χ1n) is 7.67. The summed E-state index contributed by atoms with van der Waals surface area (Å²) >= 11 is 1.65. The number of aliphatic hydroxyl groups is 1. The van der Waals surface area contributed by atoms with E-state index in [0.717, 1.165) is 21.1 Å². The number of carbonyl (C=O) groups is 1. The summed E-state index contributed by atoms with van der Waals surface area (Å²) in [5.74, 6) is 0.802. The van der Waals surface area contributed by atoms with Crippen LogP contribution in [0.3, 0.4) is 0 Å². The highest BCUT2D eigenvalue weighted by molar-refractivity contribution is 7.15. The number of nitrogens with one attached hydrogen (secondary N) is 1. The molecule has 4 nitrogen and oxygen atoms in total. The quantitative estimate of drug-likeness (QED) is 0.816. The van der Waals surface area contributed by atoms with Crippen molar-refractivity contribution in [3.05, 3.63) is 41.3 Å². The number of carbonyl (C=O) groups excluding carboxylic acids is 1. The number of thiophene rings is 1. The van der Waals surface area contributed by atoms with Crippen LogP contribution in [0.5, 0.6) is 5.75 Å². The number of ether oxygens (including phenoxy) is 1. The van der Waals surface area contributed by atoms with Gasteiger partial charge in [-0.3, -0.25) is 4.79 Å². The van der Waals surface area contributed by atoms with E-state index in [-0.39, 0.29) is 18.2 Å². The largest absolute Gasteiger partial charge is 0.497 e. The second-order valence-corrected chi connectivity index (χ2v) is 6.96. The number of amides is 1. The average Bonchev–Trinajstić information content (AvgIpc) is 3.02. The van der Waals surface area contributed by atoms with Gasteiger partial charge in [0.2, 0.25) is 5.91 Å². The molecule has 0 aliphatic heterocycles. The first-order chi connectivity index (χ1) is 11.0. The molecule has 1 atom stereocenters. The predicted octanol–water partition coefficient (Wildman–Crippen LogP) is 3.45. The predicted molar refractivity (Wildman–Crippen MR) is 93.6 cm³/mol. The Morgan fingerprint density at radius 1 is 1.22 bits per heavy atom. The van der Waals surface area contributed by atoms with Crippen LogP contribution in [0.25, 0.3) is 10.4 Å². The first-order valence-corrected chi connectivity index (χ1v) is 8.49. The lowest BCUT2D eigenvalue weighted by molar-refractivity contribution is -0.123. The molecular weight excluding hydrogens is 310 g/mol. The molecule has 0 bridgehead atoms. The number of aliphatic hydroxyl groups excluding tert-OH is 1. The molecule has 0 aliphatic rings. The highest BCUT2D eigenvalue weighted by Gasteiger charge is 2.14. The minimum Gasteiger partial charge on any atom is -0.497 e. The van der Waals surface area contributed by atoms with Crippen LogP contribution in [-0.4, -0.2) is 24.2 Å². The lowest BCUT2D eigenvalue weighted by Gasteiger charge is -2.13. The van der Waals surface area contributed by atoms with Gasteiger partial charge in [-0.05, 0) is 47.9 Å². The van der Waals surface area contributed by atoms with E-state index >= 15 is 0 Å². The molecule has 1 amide bonds. The van der Waals surface area contributed by atoms with Crippen molar-refractivity contribution in [2.45, 2.75) is 32.9 Å². The zero-order valence-electron chi connectivity index (χ0n) is 13.7. The molecule has 1 unspecified atom stereocenters. The number of rotatable bonds is 7. The molecule has 1 heterocycles. The molecule has 1 aromatic heterocycles. The van der Waals surface area contributed by atoms with Crippen molar-refractivity contribution in [2.24, 2.45) is 5.92 Å². The third-order valence-electron chi connectivity index (χ3n) is 3.66. The van der Waals surface area contributed by atoms with Gasteiger partial charge in [-0.25, -0.2) is 0 Å². The Labute approximate surface area is 141 Å². The minimum atomic E-state index is -0.590. The number of benzene rings is 1. The van der Waals surface area contributed by atoms with E-state index in [9.17, 15) is 9.90 Å². The van der Waals surface area contributed by atoms with Crippen LogP contribution in [0.15, 0.2) is 36.4 Å². The maximum Gasteiger partial charge on any atom is 0.222 e. The van der Waals surface area contributed by atoms with Gasteiger partial charge in [-0.1, -0.05) is 13.8 Å². The van der Waals surface area contributed by atoms with Crippen molar-refractivity contribution >= 4 is 17.2 Å². The van der Waals surface area contributed by atoms with E-state index < -0.39 is 6.10 Å². The van der Waals surface area contributed by atoms with E-state index in [1.165, 1.54) is 0 Å². The molecular formula is C18H23NO3S. The SMILES string of the molecule is COc1ccc(-c2ccc(CNC(=O)CC(O)C(C)C)s2)cc1. The van der Waals surface area contributed by atoms with Gasteiger partial charge >= 0.3 is 0 Å². The molecule has 0 spiro atoms. The van der Waals surface area contributed by atoms with Gasteiger partial charge in [0, 0.05) is 9.75 Å². The number of hydrogen-bond donors (Lipinski definition) is 2. The third kappa shape index (κ3) is 5.08. The van der Waals surface area contributed by atoms with Gasteiger partial charge in [0.25, 0.3) is 0 Å². The zero-order chi connectivity index (χ0) is 16.8. The Morgan fingerprint density at radius 3 is 2.52 bits per heavy atom. The highest BCUT2D eigenvalue weighted by Crippen LogP contribution is 2.29. The van der Waals surface area contributed by atoms with E-state index in [2.05, 4.69) is 11.4 Å². The molecule has 0 saturated heterocycles. The van der Waals surface area contributed by atoms with Crippen molar-refractivity contribution in [2.75, 3.05) is 7.11 Å². The average molecular weight is 333 g/mol. The highest BCUT2D eigenvalue weighted by atomic mass is 32.1. The third-order valence-corrected chi connectivity index (χ3v) is 4.79. The van der Waals surface area contributed by atoms with Gasteiger partial charge in [-0.15, -0.1) is 11.3 Å². The van der Waals surface area contributed by atoms with E-state index in [1.807, 2.05) is 44.2 Å². The van der Waals surface area contributed by atoms with Crippen LogP contribution in [0.2, 0.25) is 0 Å². The Morgan fingerprint density at radius 2 is 1.91 bits per heavy atom. The summed E-state index contributed by atoms with van der Waals surface area (Å²) in [7, 11) is 1.65. The summed E-state index contributed by atoms with van der Waals surface area (Å²) in [5.41, 5.74) is 1.13. The molecule has 2 N–H and O–H groups in total. The summed E-state index contributed by atoms with van der Waals surface area (Å²) < 4.78 is 5.16. The van der Waals surface area contributed by atoms with E-state index in [0.29, 0.717) is 6.54 Å². The lowest BCUT2D eigenvalue weighted by Crippen LogP contribution is -2.28. The van der Waals surface area contributed by atoms with Crippen LogP contribution in [0, 0.1) is 5.92 Å². The van der Waals surface area contributed by atoms with Gasteiger partial charge < -0.3 is 15.2 Å². The van der Waals surface area contributed by atoms with Crippen LogP contribution < -0.4 is 10.1 Å². The maximum atomic E-state index is 11.8. The second kappa shape index (κ2) is 8.13. The monoisotopic (exact) mass is 333 g/mol. The summed E-state index contributed by atoms with van der Waals surface area (Å²) in [6.07, 6.45) is -0.442.